The quantitative estimate of drug-likeness (QED) is 0.269. The Morgan fingerprint density at radius 2 is 1.79 bits per heavy atom. The Kier molecular flexibility index (Phi) is 7.68. The summed E-state index contributed by atoms with van der Waals surface area (Å²) in [5.74, 6) is 1.32. The second kappa shape index (κ2) is 10.9. The third-order valence-electron chi connectivity index (χ3n) is 4.35. The highest BCUT2D eigenvalue weighted by Crippen LogP contribution is 2.26. The summed E-state index contributed by atoms with van der Waals surface area (Å²) in [7, 11) is 0. The molecule has 0 saturated heterocycles. The minimum absolute atomic E-state index is 0.166. The van der Waals surface area contributed by atoms with Crippen LogP contribution in [-0.2, 0) is 17.0 Å². The number of benzene rings is 1. The Morgan fingerprint density at radius 3 is 2.48 bits per heavy atom. The lowest BCUT2D eigenvalue weighted by molar-refractivity contribution is -0.113. The van der Waals surface area contributed by atoms with E-state index in [1.165, 1.54) is 34.9 Å². The molecule has 1 amide bonds. The van der Waals surface area contributed by atoms with Crippen molar-refractivity contribution in [3.63, 3.8) is 0 Å². The number of carbonyl (C=O) groups excluding carboxylic acids is 1. The van der Waals surface area contributed by atoms with E-state index >= 15 is 0 Å². The van der Waals surface area contributed by atoms with Crippen LogP contribution in [0.25, 0.3) is 5.69 Å². The molecule has 4 rings (SSSR count). The molecule has 0 atom stereocenters. The molecule has 170 valence electrons. The monoisotopic (exact) mass is 498 g/mol. The summed E-state index contributed by atoms with van der Waals surface area (Å²) >= 11 is 4.21. The molecule has 0 unspecified atom stereocenters. The van der Waals surface area contributed by atoms with Crippen LogP contribution in [0.15, 0.2) is 46.7 Å². The van der Waals surface area contributed by atoms with E-state index in [-0.39, 0.29) is 11.7 Å². The first-order chi connectivity index (χ1) is 16.0. The Balaban J connectivity index is 1.49. The Hall–Kier alpha value is -2.83. The number of nitrogens with one attached hydrogen (secondary N) is 1. The van der Waals surface area contributed by atoms with Crippen molar-refractivity contribution in [2.45, 2.75) is 43.3 Å². The number of anilines is 1. The van der Waals surface area contributed by atoms with Crippen molar-refractivity contribution >= 4 is 45.9 Å². The summed E-state index contributed by atoms with van der Waals surface area (Å²) in [4.78, 5) is 21.4. The Labute approximate surface area is 203 Å². The van der Waals surface area contributed by atoms with Gasteiger partial charge in [-0.2, -0.15) is 0 Å². The zero-order valence-corrected chi connectivity index (χ0v) is 20.8. The molecular weight excluding hydrogens is 476 g/mol. The molecule has 33 heavy (non-hydrogen) atoms. The highest BCUT2D eigenvalue weighted by Gasteiger charge is 2.17. The smallest absolute Gasteiger partial charge is 0.236 e. The van der Waals surface area contributed by atoms with Gasteiger partial charge in [0.1, 0.15) is 10.8 Å². The summed E-state index contributed by atoms with van der Waals surface area (Å²) in [5, 5.41) is 22.3. The summed E-state index contributed by atoms with van der Waals surface area (Å²) in [6.07, 6.45) is 0.788. The van der Waals surface area contributed by atoms with Crippen molar-refractivity contribution in [2.75, 3.05) is 11.1 Å². The molecule has 0 bridgehead atoms. The van der Waals surface area contributed by atoms with E-state index in [4.69, 9.17) is 0 Å². The second-order valence-corrected chi connectivity index (χ2v) is 9.93. The lowest BCUT2D eigenvalue weighted by atomic mass is 10.3. The van der Waals surface area contributed by atoms with Gasteiger partial charge in [0.15, 0.2) is 10.3 Å². The van der Waals surface area contributed by atoms with Crippen molar-refractivity contribution in [1.82, 2.24) is 34.9 Å². The molecule has 4 aromatic rings. The van der Waals surface area contributed by atoms with Crippen LogP contribution in [0.1, 0.15) is 29.1 Å². The number of para-hydroxylation sites is 1. The minimum atomic E-state index is -0.166. The molecule has 0 aliphatic carbocycles. The number of carbonyl (C=O) groups is 1. The van der Waals surface area contributed by atoms with Gasteiger partial charge in [-0.05, 0) is 38.5 Å². The van der Waals surface area contributed by atoms with E-state index in [0.717, 1.165) is 34.3 Å². The predicted molar refractivity (Wildman–Crippen MR) is 131 cm³/mol. The summed E-state index contributed by atoms with van der Waals surface area (Å²) in [5.41, 5.74) is 2.79. The molecule has 0 aliphatic heterocycles. The molecule has 3 heterocycles. The lowest BCUT2D eigenvalue weighted by Gasteiger charge is -2.10. The number of hydrogen-bond acceptors (Lipinski definition) is 10. The van der Waals surface area contributed by atoms with Gasteiger partial charge >= 0.3 is 0 Å². The van der Waals surface area contributed by atoms with Crippen LogP contribution in [0, 0.1) is 13.8 Å². The van der Waals surface area contributed by atoms with Gasteiger partial charge in [-0.1, -0.05) is 60.0 Å². The summed E-state index contributed by atoms with van der Waals surface area (Å²) < 4.78 is 1.97. The molecule has 0 spiro atoms. The van der Waals surface area contributed by atoms with Gasteiger partial charge in [0, 0.05) is 17.1 Å². The van der Waals surface area contributed by atoms with Gasteiger partial charge in [0.25, 0.3) is 0 Å². The summed E-state index contributed by atoms with van der Waals surface area (Å²) in [6.45, 7) is 5.91. The number of thioether (sulfide) groups is 2. The van der Waals surface area contributed by atoms with Crippen molar-refractivity contribution in [2.24, 2.45) is 0 Å². The second-order valence-electron chi connectivity index (χ2n) is 6.98. The fourth-order valence-electron chi connectivity index (χ4n) is 2.94. The molecular formula is C21H22N8OS3. The first-order valence-corrected chi connectivity index (χ1v) is 13.0. The largest absolute Gasteiger partial charge is 0.300 e. The van der Waals surface area contributed by atoms with Crippen LogP contribution in [0.3, 0.4) is 0 Å². The number of rotatable bonds is 9. The third kappa shape index (κ3) is 6.15. The van der Waals surface area contributed by atoms with Crippen LogP contribution >= 0.6 is 34.9 Å². The summed E-state index contributed by atoms with van der Waals surface area (Å²) in [6, 6.07) is 11.8. The van der Waals surface area contributed by atoms with Crippen LogP contribution in [0.2, 0.25) is 0 Å². The van der Waals surface area contributed by atoms with Crippen LogP contribution < -0.4 is 5.32 Å². The lowest BCUT2D eigenvalue weighted by Crippen LogP contribution is -2.14. The number of hydrogen-bond donors (Lipinski definition) is 1. The molecule has 0 radical (unpaired) electrons. The number of aromatic nitrogens is 7. The topological polar surface area (TPSA) is 111 Å². The van der Waals surface area contributed by atoms with E-state index < -0.39 is 0 Å². The maximum Gasteiger partial charge on any atom is 0.236 e. The van der Waals surface area contributed by atoms with Crippen molar-refractivity contribution in [3.8, 4) is 5.69 Å². The highest BCUT2D eigenvalue weighted by molar-refractivity contribution is 7.99. The standard InChI is InChI=1S/C21H22N8OS3/c1-4-18-26-27-20(33-18)24-17(30)12-32-21-28-25-16(29(21)15-8-6-5-7-9-15)11-31-19-22-13(2)10-14(3)23-19/h5-10H,4,11-12H2,1-3H3,(H,24,27,30). The van der Waals surface area contributed by atoms with Crippen LogP contribution in [0.4, 0.5) is 5.13 Å². The molecule has 9 nitrogen and oxygen atoms in total. The first-order valence-electron chi connectivity index (χ1n) is 10.2. The fraction of sp³-hybridized carbons (Fsp3) is 0.286. The zero-order chi connectivity index (χ0) is 23.2. The van der Waals surface area contributed by atoms with E-state index in [1.54, 1.807) is 0 Å². The predicted octanol–water partition coefficient (Wildman–Crippen LogP) is 4.11. The van der Waals surface area contributed by atoms with E-state index in [1.807, 2.05) is 61.7 Å². The number of nitrogens with zero attached hydrogens (tertiary/aromatic N) is 7. The van der Waals surface area contributed by atoms with Crippen LogP contribution in [-0.4, -0.2) is 46.6 Å². The zero-order valence-electron chi connectivity index (χ0n) is 18.3. The minimum Gasteiger partial charge on any atom is -0.300 e. The molecule has 1 N–H and O–H groups in total. The maximum absolute atomic E-state index is 12.4. The highest BCUT2D eigenvalue weighted by atomic mass is 32.2. The normalized spacial score (nSPS) is 11.0. The average Bonchev–Trinajstić information content (AvgIpc) is 3.42. The van der Waals surface area contributed by atoms with Gasteiger partial charge in [-0.25, -0.2) is 9.97 Å². The van der Waals surface area contributed by atoms with E-state index in [0.29, 0.717) is 21.2 Å². The van der Waals surface area contributed by atoms with Crippen LogP contribution in [0.5, 0.6) is 0 Å². The van der Waals surface area contributed by atoms with Crippen molar-refractivity contribution in [1.29, 1.82) is 0 Å². The molecule has 0 saturated carbocycles. The van der Waals surface area contributed by atoms with Gasteiger partial charge < -0.3 is 0 Å². The van der Waals surface area contributed by atoms with Gasteiger partial charge in [-0.15, -0.1) is 20.4 Å². The SMILES string of the molecule is CCc1nnc(NC(=O)CSc2nnc(CSc3nc(C)cc(C)n3)n2-c2ccccc2)s1. The average molecular weight is 499 g/mol. The molecule has 0 fully saturated rings. The van der Waals surface area contributed by atoms with Gasteiger partial charge in [0.05, 0.1) is 11.5 Å². The number of amides is 1. The van der Waals surface area contributed by atoms with Crippen molar-refractivity contribution < 1.29 is 4.79 Å². The van der Waals surface area contributed by atoms with Gasteiger partial charge in [0.2, 0.25) is 11.0 Å². The Morgan fingerprint density at radius 1 is 1.03 bits per heavy atom. The van der Waals surface area contributed by atoms with Gasteiger partial charge in [-0.3, -0.25) is 14.7 Å². The molecule has 12 heteroatoms. The van der Waals surface area contributed by atoms with E-state index in [2.05, 4.69) is 35.7 Å². The maximum atomic E-state index is 12.4. The third-order valence-corrected chi connectivity index (χ3v) is 7.11. The molecule has 0 aliphatic rings. The van der Waals surface area contributed by atoms with E-state index in [9.17, 15) is 4.79 Å². The number of aryl methyl sites for hydroxylation is 3. The van der Waals surface area contributed by atoms with Crippen molar-refractivity contribution in [3.05, 3.63) is 58.6 Å². The first kappa shape index (κ1) is 23.3. The fourth-order valence-corrected chi connectivity index (χ4v) is 5.27. The molecule has 1 aromatic carbocycles. The molecule has 3 aromatic heterocycles. The Bertz CT molecular complexity index is 1220.